The van der Waals surface area contributed by atoms with Crippen molar-refractivity contribution in [1.82, 2.24) is 0 Å². The molecule has 0 aromatic rings. The van der Waals surface area contributed by atoms with Crippen molar-refractivity contribution >= 4 is 11.8 Å². The van der Waals surface area contributed by atoms with E-state index in [9.17, 15) is 0 Å². The van der Waals surface area contributed by atoms with Gasteiger partial charge in [-0.1, -0.05) is 0 Å². The van der Waals surface area contributed by atoms with E-state index < -0.39 is 0 Å². The molecule has 1 rings (SSSR count). The van der Waals surface area contributed by atoms with Crippen molar-refractivity contribution in [3.63, 3.8) is 0 Å². The van der Waals surface area contributed by atoms with Crippen LogP contribution in [0.4, 0.5) is 0 Å². The molecule has 11 heavy (non-hydrogen) atoms. The Kier molecular flexibility index (Phi) is 3.69. The number of hydrogen-bond acceptors (Lipinski definition) is 3. The van der Waals surface area contributed by atoms with Crippen LogP contribution < -0.4 is 5.73 Å². The fraction of sp³-hybridized carbons (Fsp3) is 1.00. The Balaban J connectivity index is 2.33. The highest BCUT2D eigenvalue weighted by atomic mass is 32.2. The van der Waals surface area contributed by atoms with Crippen LogP contribution in [0.1, 0.15) is 19.3 Å². The lowest BCUT2D eigenvalue weighted by Crippen LogP contribution is -2.37. The van der Waals surface area contributed by atoms with E-state index in [0.717, 1.165) is 25.2 Å². The Hall–Kier alpha value is 0.270. The fourth-order valence-corrected chi connectivity index (χ4v) is 2.08. The Morgan fingerprint density at radius 1 is 1.64 bits per heavy atom. The molecule has 1 heterocycles. The average Bonchev–Trinajstić information content (AvgIpc) is 2.50. The van der Waals surface area contributed by atoms with Crippen molar-refractivity contribution in [1.29, 1.82) is 0 Å². The third kappa shape index (κ3) is 2.36. The van der Waals surface area contributed by atoms with Crippen LogP contribution in [0.3, 0.4) is 0 Å². The molecule has 0 aliphatic carbocycles. The van der Waals surface area contributed by atoms with Crippen molar-refractivity contribution in [2.75, 3.05) is 25.2 Å². The van der Waals surface area contributed by atoms with Gasteiger partial charge in [0, 0.05) is 13.2 Å². The molecule has 0 bridgehead atoms. The molecule has 66 valence electrons. The van der Waals surface area contributed by atoms with Gasteiger partial charge in [-0.25, -0.2) is 0 Å². The zero-order valence-electron chi connectivity index (χ0n) is 7.14. The lowest BCUT2D eigenvalue weighted by molar-refractivity contribution is 0.00980. The summed E-state index contributed by atoms with van der Waals surface area (Å²) in [4.78, 5) is 0. The first-order valence-corrected chi connectivity index (χ1v) is 5.55. The van der Waals surface area contributed by atoms with E-state index in [0.29, 0.717) is 6.54 Å². The third-order valence-electron chi connectivity index (χ3n) is 2.32. The molecular formula is C8H17NOS. The average molecular weight is 175 g/mol. The summed E-state index contributed by atoms with van der Waals surface area (Å²) in [6, 6.07) is 0. The summed E-state index contributed by atoms with van der Waals surface area (Å²) < 4.78 is 5.65. The summed E-state index contributed by atoms with van der Waals surface area (Å²) in [5, 5.41) is 0. The van der Waals surface area contributed by atoms with Gasteiger partial charge >= 0.3 is 0 Å². The van der Waals surface area contributed by atoms with Crippen LogP contribution in [0.15, 0.2) is 0 Å². The summed E-state index contributed by atoms with van der Waals surface area (Å²) in [5.41, 5.74) is 5.72. The van der Waals surface area contributed by atoms with E-state index in [1.807, 2.05) is 11.8 Å². The van der Waals surface area contributed by atoms with Crippen molar-refractivity contribution in [3.05, 3.63) is 0 Å². The quantitative estimate of drug-likeness (QED) is 0.698. The molecule has 0 saturated carbocycles. The van der Waals surface area contributed by atoms with E-state index in [-0.39, 0.29) is 5.60 Å². The highest BCUT2D eigenvalue weighted by Gasteiger charge is 2.32. The Morgan fingerprint density at radius 3 is 2.91 bits per heavy atom. The maximum Gasteiger partial charge on any atom is 0.0812 e. The van der Waals surface area contributed by atoms with Crippen LogP contribution in [-0.2, 0) is 4.74 Å². The smallest absolute Gasteiger partial charge is 0.0812 e. The Bertz CT molecular complexity index is 113. The molecule has 3 heteroatoms. The fourth-order valence-electron chi connectivity index (χ4n) is 1.50. The van der Waals surface area contributed by atoms with Gasteiger partial charge in [-0.05, 0) is 31.3 Å². The normalized spacial score (nSPS) is 31.1. The van der Waals surface area contributed by atoms with Crippen molar-refractivity contribution in [3.8, 4) is 0 Å². The minimum atomic E-state index is 0.0447. The standard InChI is InChI=1S/C8H17NOS/c1-11-6-4-8(7-9)3-2-5-10-8/h2-7,9H2,1H3. The number of nitrogens with two attached hydrogens (primary N) is 1. The van der Waals surface area contributed by atoms with Gasteiger partial charge in [0.2, 0.25) is 0 Å². The highest BCUT2D eigenvalue weighted by Crippen LogP contribution is 2.28. The molecule has 0 aromatic carbocycles. The van der Waals surface area contributed by atoms with Crippen LogP contribution in [0.25, 0.3) is 0 Å². The van der Waals surface area contributed by atoms with Gasteiger partial charge in [0.05, 0.1) is 5.60 Å². The Morgan fingerprint density at radius 2 is 2.45 bits per heavy atom. The summed E-state index contributed by atoms with van der Waals surface area (Å²) in [6.07, 6.45) is 5.58. The van der Waals surface area contributed by atoms with E-state index in [1.54, 1.807) is 0 Å². The maximum absolute atomic E-state index is 5.68. The molecule has 0 aromatic heterocycles. The molecular weight excluding hydrogens is 158 g/mol. The lowest BCUT2D eigenvalue weighted by Gasteiger charge is -2.25. The van der Waals surface area contributed by atoms with Crippen LogP contribution in [-0.4, -0.2) is 30.8 Å². The zero-order valence-corrected chi connectivity index (χ0v) is 7.95. The summed E-state index contributed by atoms with van der Waals surface area (Å²) in [6.45, 7) is 1.60. The second-order valence-electron chi connectivity index (χ2n) is 3.08. The largest absolute Gasteiger partial charge is 0.374 e. The second kappa shape index (κ2) is 4.33. The van der Waals surface area contributed by atoms with Crippen LogP contribution in [0.2, 0.25) is 0 Å². The molecule has 0 amide bonds. The highest BCUT2D eigenvalue weighted by molar-refractivity contribution is 7.98. The molecule has 0 radical (unpaired) electrons. The van der Waals surface area contributed by atoms with Crippen LogP contribution >= 0.6 is 11.8 Å². The monoisotopic (exact) mass is 175 g/mol. The number of thioether (sulfide) groups is 1. The van der Waals surface area contributed by atoms with E-state index >= 15 is 0 Å². The molecule has 1 unspecified atom stereocenters. The second-order valence-corrected chi connectivity index (χ2v) is 4.07. The number of ether oxygens (including phenoxy) is 1. The van der Waals surface area contributed by atoms with E-state index in [1.165, 1.54) is 6.42 Å². The first kappa shape index (κ1) is 9.36. The van der Waals surface area contributed by atoms with Gasteiger partial charge in [-0.2, -0.15) is 11.8 Å². The molecule has 1 saturated heterocycles. The predicted molar refractivity (Wildman–Crippen MR) is 50.0 cm³/mol. The molecule has 2 nitrogen and oxygen atoms in total. The van der Waals surface area contributed by atoms with Gasteiger partial charge in [0.25, 0.3) is 0 Å². The number of rotatable bonds is 4. The first-order chi connectivity index (χ1) is 5.33. The van der Waals surface area contributed by atoms with Gasteiger partial charge in [-0.3, -0.25) is 0 Å². The first-order valence-electron chi connectivity index (χ1n) is 4.16. The minimum absolute atomic E-state index is 0.0447. The summed E-state index contributed by atoms with van der Waals surface area (Å²) >= 11 is 1.87. The lowest BCUT2D eigenvalue weighted by atomic mass is 9.97. The van der Waals surface area contributed by atoms with Gasteiger partial charge in [0.15, 0.2) is 0 Å². The number of hydrogen-bond donors (Lipinski definition) is 1. The molecule has 1 fully saturated rings. The van der Waals surface area contributed by atoms with E-state index in [4.69, 9.17) is 10.5 Å². The van der Waals surface area contributed by atoms with Crippen molar-refractivity contribution < 1.29 is 4.74 Å². The van der Waals surface area contributed by atoms with Crippen molar-refractivity contribution in [2.24, 2.45) is 5.73 Å². The van der Waals surface area contributed by atoms with Gasteiger partial charge in [0.1, 0.15) is 0 Å². The Labute approximate surface area is 72.9 Å². The maximum atomic E-state index is 5.68. The zero-order chi connectivity index (χ0) is 8.16. The van der Waals surface area contributed by atoms with Gasteiger partial charge in [-0.15, -0.1) is 0 Å². The van der Waals surface area contributed by atoms with Crippen LogP contribution in [0.5, 0.6) is 0 Å². The molecule has 1 aliphatic rings. The van der Waals surface area contributed by atoms with Crippen LogP contribution in [0, 0.1) is 0 Å². The third-order valence-corrected chi connectivity index (χ3v) is 2.93. The molecule has 1 atom stereocenters. The van der Waals surface area contributed by atoms with E-state index in [2.05, 4.69) is 6.26 Å². The molecule has 2 N–H and O–H groups in total. The predicted octanol–water partition coefficient (Wildman–Crippen LogP) is 1.25. The minimum Gasteiger partial charge on any atom is -0.374 e. The topological polar surface area (TPSA) is 35.2 Å². The summed E-state index contributed by atoms with van der Waals surface area (Å²) in [5.74, 6) is 1.16. The van der Waals surface area contributed by atoms with Gasteiger partial charge < -0.3 is 10.5 Å². The SMILES string of the molecule is CSCCC1(CN)CCCO1. The molecule has 1 aliphatic heterocycles. The molecule has 0 spiro atoms. The van der Waals surface area contributed by atoms with Crippen molar-refractivity contribution in [2.45, 2.75) is 24.9 Å². The summed E-state index contributed by atoms with van der Waals surface area (Å²) in [7, 11) is 0.